The molecule has 0 aliphatic carbocycles. The molecule has 7 nitrogen and oxygen atoms in total. The average molecular weight is 352 g/mol. The van der Waals surface area contributed by atoms with Gasteiger partial charge in [-0.05, 0) is 18.2 Å². The Morgan fingerprint density at radius 2 is 1.23 bits per heavy atom. The molecule has 136 valence electrons. The van der Waals surface area contributed by atoms with Gasteiger partial charge in [-0.25, -0.2) is 14.8 Å². The summed E-state index contributed by atoms with van der Waals surface area (Å²) in [5, 5.41) is 0. The van der Waals surface area contributed by atoms with Crippen molar-refractivity contribution in [3.63, 3.8) is 0 Å². The Kier molecular flexibility index (Phi) is 4.86. The Hall–Kier alpha value is -2.83. The molecule has 0 bridgehead atoms. The van der Waals surface area contributed by atoms with Crippen LogP contribution in [-0.2, 0) is 0 Å². The van der Waals surface area contributed by atoms with Crippen LogP contribution in [0.2, 0.25) is 0 Å². The van der Waals surface area contributed by atoms with Crippen LogP contribution < -0.4 is 9.80 Å². The van der Waals surface area contributed by atoms with Gasteiger partial charge in [-0.15, -0.1) is 0 Å². The first-order valence-corrected chi connectivity index (χ1v) is 9.17. The maximum atomic E-state index is 12.8. The van der Waals surface area contributed by atoms with Crippen molar-refractivity contribution in [1.82, 2.24) is 19.8 Å². The molecule has 26 heavy (non-hydrogen) atoms. The lowest BCUT2D eigenvalue weighted by Gasteiger charge is -2.41. The lowest BCUT2D eigenvalue weighted by atomic mass is 10.2. The lowest BCUT2D eigenvalue weighted by Crippen LogP contribution is -2.57. The molecule has 0 saturated carbocycles. The Balaban J connectivity index is 1.28. The van der Waals surface area contributed by atoms with Crippen molar-refractivity contribution in [3.8, 4) is 0 Å². The Bertz CT molecular complexity index is 648. The number of urea groups is 1. The van der Waals surface area contributed by atoms with Gasteiger partial charge in [0, 0.05) is 70.4 Å². The van der Waals surface area contributed by atoms with E-state index in [0.29, 0.717) is 0 Å². The zero-order chi connectivity index (χ0) is 17.8. The Morgan fingerprint density at radius 1 is 0.692 bits per heavy atom. The fraction of sp³-hybridized carbons (Fsp3) is 0.421. The van der Waals surface area contributed by atoms with Crippen LogP contribution in [0.3, 0.4) is 0 Å². The minimum Gasteiger partial charge on any atom is -0.368 e. The van der Waals surface area contributed by atoms with E-state index in [0.717, 1.165) is 58.3 Å². The summed E-state index contributed by atoms with van der Waals surface area (Å²) < 4.78 is 0. The Morgan fingerprint density at radius 3 is 1.81 bits per heavy atom. The summed E-state index contributed by atoms with van der Waals surface area (Å²) >= 11 is 0. The number of carbonyl (C=O) groups is 1. The van der Waals surface area contributed by atoms with Crippen LogP contribution in [0.15, 0.2) is 48.8 Å². The van der Waals surface area contributed by atoms with Crippen molar-refractivity contribution < 1.29 is 4.79 Å². The van der Waals surface area contributed by atoms with Gasteiger partial charge in [0.25, 0.3) is 0 Å². The molecule has 2 aromatic rings. The van der Waals surface area contributed by atoms with Crippen molar-refractivity contribution in [2.45, 2.75) is 0 Å². The van der Waals surface area contributed by atoms with Crippen LogP contribution in [0.25, 0.3) is 0 Å². The fourth-order valence-corrected chi connectivity index (χ4v) is 3.55. The second kappa shape index (κ2) is 7.59. The van der Waals surface area contributed by atoms with Gasteiger partial charge in [0.15, 0.2) is 0 Å². The Labute approximate surface area is 153 Å². The second-order valence-electron chi connectivity index (χ2n) is 6.62. The summed E-state index contributed by atoms with van der Waals surface area (Å²) in [7, 11) is 0. The van der Waals surface area contributed by atoms with Crippen molar-refractivity contribution in [1.29, 1.82) is 0 Å². The normalized spacial score (nSPS) is 18.2. The molecule has 2 saturated heterocycles. The summed E-state index contributed by atoms with van der Waals surface area (Å²) in [4.78, 5) is 29.8. The third kappa shape index (κ3) is 3.56. The third-order valence-electron chi connectivity index (χ3n) is 5.06. The van der Waals surface area contributed by atoms with Crippen LogP contribution in [0, 0.1) is 0 Å². The van der Waals surface area contributed by atoms with Crippen molar-refractivity contribution >= 4 is 17.7 Å². The highest BCUT2D eigenvalue weighted by atomic mass is 16.2. The molecule has 4 rings (SSSR count). The van der Waals surface area contributed by atoms with Crippen molar-refractivity contribution in [3.05, 3.63) is 48.8 Å². The molecule has 0 spiro atoms. The zero-order valence-corrected chi connectivity index (χ0v) is 14.9. The molecule has 2 aliphatic rings. The number of anilines is 2. The van der Waals surface area contributed by atoms with Gasteiger partial charge in [-0.1, -0.05) is 18.2 Å². The summed E-state index contributed by atoms with van der Waals surface area (Å²) in [6, 6.07) is 12.4. The maximum absolute atomic E-state index is 12.8. The minimum atomic E-state index is 0.159. The number of piperazine rings is 2. The number of benzene rings is 1. The topological polar surface area (TPSA) is 55.8 Å². The molecule has 0 atom stereocenters. The molecule has 2 fully saturated rings. The average Bonchev–Trinajstić information content (AvgIpc) is 2.75. The molecule has 0 unspecified atom stereocenters. The van der Waals surface area contributed by atoms with Crippen molar-refractivity contribution in [2.24, 2.45) is 0 Å². The van der Waals surface area contributed by atoms with Gasteiger partial charge in [0.05, 0.1) is 0 Å². The number of aromatic nitrogens is 2. The van der Waals surface area contributed by atoms with Crippen molar-refractivity contribution in [2.75, 3.05) is 62.2 Å². The number of carbonyl (C=O) groups excluding carboxylic acids is 1. The smallest absolute Gasteiger partial charge is 0.320 e. The highest BCUT2D eigenvalue weighted by Gasteiger charge is 2.28. The quantitative estimate of drug-likeness (QED) is 0.821. The summed E-state index contributed by atoms with van der Waals surface area (Å²) in [5.74, 6) is 0.746. The number of para-hydroxylation sites is 1. The van der Waals surface area contributed by atoms with E-state index in [4.69, 9.17) is 0 Å². The first kappa shape index (κ1) is 16.6. The van der Waals surface area contributed by atoms with E-state index in [9.17, 15) is 4.79 Å². The number of hydrogen-bond acceptors (Lipinski definition) is 5. The molecule has 2 amide bonds. The summed E-state index contributed by atoms with van der Waals surface area (Å²) in [6.07, 6.45) is 3.51. The highest BCUT2D eigenvalue weighted by Crippen LogP contribution is 2.17. The standard InChI is InChI=1S/C19H24N6O/c26-19(24-13-9-22(10-14-24)17-5-2-1-3-6-17)25-15-11-23(12-16-25)18-20-7-4-8-21-18/h1-8H,9-16H2. The molecule has 7 heteroatoms. The molecule has 0 N–H and O–H groups in total. The fourth-order valence-electron chi connectivity index (χ4n) is 3.55. The molecular formula is C19H24N6O. The van der Waals surface area contributed by atoms with Crippen LogP contribution >= 0.6 is 0 Å². The van der Waals surface area contributed by atoms with Crippen LogP contribution in [-0.4, -0.2) is 78.2 Å². The van der Waals surface area contributed by atoms with E-state index in [-0.39, 0.29) is 6.03 Å². The number of amides is 2. The number of hydrogen-bond donors (Lipinski definition) is 0. The third-order valence-corrected chi connectivity index (χ3v) is 5.06. The first-order valence-electron chi connectivity index (χ1n) is 9.17. The monoisotopic (exact) mass is 352 g/mol. The van der Waals surface area contributed by atoms with E-state index in [1.807, 2.05) is 21.9 Å². The van der Waals surface area contributed by atoms with Gasteiger partial charge in [-0.3, -0.25) is 0 Å². The minimum absolute atomic E-state index is 0.159. The van der Waals surface area contributed by atoms with Gasteiger partial charge in [0.2, 0.25) is 5.95 Å². The van der Waals surface area contributed by atoms with Crippen LogP contribution in [0.1, 0.15) is 0 Å². The van der Waals surface area contributed by atoms with Gasteiger partial charge >= 0.3 is 6.03 Å². The molecule has 1 aromatic carbocycles. The van der Waals surface area contributed by atoms with Gasteiger partial charge in [0.1, 0.15) is 0 Å². The van der Waals surface area contributed by atoms with E-state index in [1.165, 1.54) is 5.69 Å². The van der Waals surface area contributed by atoms with Gasteiger partial charge in [-0.2, -0.15) is 0 Å². The molecule has 1 aromatic heterocycles. The maximum Gasteiger partial charge on any atom is 0.320 e. The first-order chi connectivity index (χ1) is 12.8. The van der Waals surface area contributed by atoms with Crippen LogP contribution in [0.5, 0.6) is 0 Å². The molecule has 0 radical (unpaired) electrons. The zero-order valence-electron chi connectivity index (χ0n) is 14.9. The summed E-state index contributed by atoms with van der Waals surface area (Å²) in [6.45, 7) is 6.30. The number of nitrogens with zero attached hydrogens (tertiary/aromatic N) is 6. The highest BCUT2D eigenvalue weighted by molar-refractivity contribution is 5.75. The predicted octanol–water partition coefficient (Wildman–Crippen LogP) is 1.54. The van der Waals surface area contributed by atoms with E-state index in [1.54, 1.807) is 12.4 Å². The SMILES string of the molecule is O=C(N1CCN(c2ccccc2)CC1)N1CCN(c2ncccn2)CC1. The predicted molar refractivity (Wildman–Crippen MR) is 101 cm³/mol. The van der Waals surface area contributed by atoms with E-state index >= 15 is 0 Å². The van der Waals surface area contributed by atoms with E-state index < -0.39 is 0 Å². The lowest BCUT2D eigenvalue weighted by molar-refractivity contribution is 0.147. The second-order valence-corrected chi connectivity index (χ2v) is 6.62. The van der Waals surface area contributed by atoms with E-state index in [2.05, 4.69) is 44.0 Å². The molecule has 2 aliphatic heterocycles. The summed E-state index contributed by atoms with van der Waals surface area (Å²) in [5.41, 5.74) is 1.23. The van der Waals surface area contributed by atoms with Crippen LogP contribution in [0.4, 0.5) is 16.4 Å². The number of rotatable bonds is 2. The van der Waals surface area contributed by atoms with Gasteiger partial charge < -0.3 is 19.6 Å². The molecular weight excluding hydrogens is 328 g/mol. The molecule has 3 heterocycles. The largest absolute Gasteiger partial charge is 0.368 e.